The van der Waals surface area contributed by atoms with Crippen molar-refractivity contribution >= 4 is 0 Å². The van der Waals surface area contributed by atoms with Gasteiger partial charge in [-0.3, -0.25) is 0 Å². The molecule has 5 nitrogen and oxygen atoms in total. The lowest BCUT2D eigenvalue weighted by Crippen LogP contribution is -2.44. The van der Waals surface area contributed by atoms with E-state index in [9.17, 15) is 15.3 Å². The highest BCUT2D eigenvalue weighted by Crippen LogP contribution is 2.50. The fourth-order valence-electron chi connectivity index (χ4n) is 3.05. The molecule has 0 saturated carbocycles. The summed E-state index contributed by atoms with van der Waals surface area (Å²) in [5.74, 6) is 0.751. The van der Waals surface area contributed by atoms with E-state index in [0.29, 0.717) is 6.54 Å². The molecule has 5 heteroatoms. The number of hydrogen-bond donors (Lipinski definition) is 4. The van der Waals surface area contributed by atoms with Gasteiger partial charge in [0.05, 0.1) is 25.2 Å². The highest BCUT2D eigenvalue weighted by atomic mass is 16.5. The Labute approximate surface area is 152 Å². The van der Waals surface area contributed by atoms with E-state index in [2.05, 4.69) is 47.6 Å². The molecule has 0 bridgehead atoms. The average molecular weight is 356 g/mol. The Kier molecular flexibility index (Phi) is 6.90. The third-order valence-corrected chi connectivity index (χ3v) is 5.65. The normalized spacial score (nSPS) is 22.5. The summed E-state index contributed by atoms with van der Waals surface area (Å²) in [6, 6.07) is 0. The SMILES string of the molecule is CC(C)(C)C1=C(OCC(CO)(CO)CO)C=CC(CN)(C(C)(C)C)C1. The first kappa shape index (κ1) is 22.2. The topological polar surface area (TPSA) is 95.9 Å². The molecule has 0 amide bonds. The van der Waals surface area contributed by atoms with Gasteiger partial charge in [-0.15, -0.1) is 0 Å². The van der Waals surface area contributed by atoms with Crippen molar-refractivity contribution < 1.29 is 20.1 Å². The summed E-state index contributed by atoms with van der Waals surface area (Å²) in [7, 11) is 0. The zero-order chi connectivity index (χ0) is 19.5. The molecule has 1 unspecified atom stereocenters. The first-order valence-electron chi connectivity index (χ1n) is 8.99. The van der Waals surface area contributed by atoms with Gasteiger partial charge in [-0.25, -0.2) is 0 Å². The van der Waals surface area contributed by atoms with E-state index in [0.717, 1.165) is 17.8 Å². The lowest BCUT2D eigenvalue weighted by atomic mass is 9.59. The van der Waals surface area contributed by atoms with Gasteiger partial charge in [0.25, 0.3) is 0 Å². The van der Waals surface area contributed by atoms with E-state index in [1.54, 1.807) is 0 Å². The summed E-state index contributed by atoms with van der Waals surface area (Å²) < 4.78 is 5.98. The van der Waals surface area contributed by atoms with Gasteiger partial charge < -0.3 is 25.8 Å². The molecule has 0 aromatic heterocycles. The van der Waals surface area contributed by atoms with Gasteiger partial charge in [0.15, 0.2) is 0 Å². The van der Waals surface area contributed by atoms with Crippen molar-refractivity contribution in [3.63, 3.8) is 0 Å². The maximum atomic E-state index is 9.51. The molecule has 0 heterocycles. The van der Waals surface area contributed by atoms with E-state index in [1.807, 2.05) is 6.08 Å². The van der Waals surface area contributed by atoms with Gasteiger partial charge >= 0.3 is 0 Å². The predicted octanol–water partition coefficient (Wildman–Crippen LogP) is 2.22. The van der Waals surface area contributed by atoms with E-state index in [4.69, 9.17) is 10.5 Å². The molecule has 1 aliphatic rings. The minimum Gasteiger partial charge on any atom is -0.493 e. The Balaban J connectivity index is 3.20. The molecule has 0 aliphatic heterocycles. The lowest BCUT2D eigenvalue weighted by molar-refractivity contribution is -0.0420. The van der Waals surface area contributed by atoms with Crippen molar-refractivity contribution in [3.8, 4) is 0 Å². The van der Waals surface area contributed by atoms with Crippen molar-refractivity contribution in [2.24, 2.45) is 27.4 Å². The molecular formula is C20H37NO4. The van der Waals surface area contributed by atoms with Crippen LogP contribution in [0.25, 0.3) is 0 Å². The van der Waals surface area contributed by atoms with Crippen molar-refractivity contribution in [3.05, 3.63) is 23.5 Å². The van der Waals surface area contributed by atoms with E-state index >= 15 is 0 Å². The Hall–Kier alpha value is -0.880. The highest BCUT2D eigenvalue weighted by molar-refractivity contribution is 5.34. The zero-order valence-corrected chi connectivity index (χ0v) is 16.7. The minimum atomic E-state index is -1.05. The molecule has 0 spiro atoms. The number of nitrogens with two attached hydrogens (primary N) is 1. The monoisotopic (exact) mass is 355 g/mol. The maximum absolute atomic E-state index is 9.51. The van der Waals surface area contributed by atoms with Crippen LogP contribution in [-0.2, 0) is 4.74 Å². The van der Waals surface area contributed by atoms with Crippen LogP contribution in [0.15, 0.2) is 23.5 Å². The van der Waals surface area contributed by atoms with E-state index < -0.39 is 5.41 Å². The quantitative estimate of drug-likeness (QED) is 0.562. The largest absolute Gasteiger partial charge is 0.493 e. The van der Waals surface area contributed by atoms with Crippen molar-refractivity contribution in [1.82, 2.24) is 0 Å². The molecule has 1 aliphatic carbocycles. The molecule has 0 fully saturated rings. The number of rotatable bonds is 7. The summed E-state index contributed by atoms with van der Waals surface area (Å²) in [5.41, 5.74) is 6.04. The first-order chi connectivity index (χ1) is 11.4. The van der Waals surface area contributed by atoms with Gasteiger partial charge in [-0.2, -0.15) is 0 Å². The second-order valence-electron chi connectivity index (χ2n) is 9.48. The highest BCUT2D eigenvalue weighted by Gasteiger charge is 2.44. The third kappa shape index (κ3) is 4.64. The van der Waals surface area contributed by atoms with E-state index in [1.165, 1.54) is 0 Å². The summed E-state index contributed by atoms with van der Waals surface area (Å²) in [5, 5.41) is 28.5. The van der Waals surface area contributed by atoms with Crippen molar-refractivity contribution in [2.45, 2.75) is 48.0 Å². The Morgan fingerprint density at radius 3 is 1.92 bits per heavy atom. The standard InChI is InChI=1S/C20H37NO4/c1-17(2,3)15-9-20(10-21,18(4,5)6)8-7-16(15)25-14-19(11-22,12-23)13-24/h7-8,22-24H,9-14,21H2,1-6H3. The summed E-state index contributed by atoms with van der Waals surface area (Å²) >= 11 is 0. The van der Waals surface area contributed by atoms with Crippen LogP contribution in [0.3, 0.4) is 0 Å². The smallest absolute Gasteiger partial charge is 0.118 e. The fraction of sp³-hybridized carbons (Fsp3) is 0.800. The Morgan fingerprint density at radius 2 is 1.56 bits per heavy atom. The zero-order valence-electron chi connectivity index (χ0n) is 16.7. The predicted molar refractivity (Wildman–Crippen MR) is 101 cm³/mol. The number of allylic oxidation sites excluding steroid dienone is 2. The van der Waals surface area contributed by atoms with Crippen LogP contribution >= 0.6 is 0 Å². The molecule has 0 radical (unpaired) electrons. The number of ether oxygens (including phenoxy) is 1. The molecular weight excluding hydrogens is 318 g/mol. The van der Waals surface area contributed by atoms with Crippen LogP contribution in [0.2, 0.25) is 0 Å². The Morgan fingerprint density at radius 1 is 1.04 bits per heavy atom. The molecule has 0 saturated heterocycles. The Bertz CT molecular complexity index is 499. The van der Waals surface area contributed by atoms with Gasteiger partial charge in [-0.1, -0.05) is 47.6 Å². The molecule has 5 N–H and O–H groups in total. The van der Waals surface area contributed by atoms with Crippen LogP contribution in [0.5, 0.6) is 0 Å². The van der Waals surface area contributed by atoms with Crippen LogP contribution < -0.4 is 5.73 Å². The van der Waals surface area contributed by atoms with Gasteiger partial charge in [-0.05, 0) is 28.9 Å². The lowest BCUT2D eigenvalue weighted by Gasteiger charge is -2.47. The molecule has 1 rings (SSSR count). The van der Waals surface area contributed by atoms with Gasteiger partial charge in [0, 0.05) is 12.0 Å². The van der Waals surface area contributed by atoms with Crippen molar-refractivity contribution in [1.29, 1.82) is 0 Å². The number of aliphatic hydroxyl groups is 3. The molecule has 146 valence electrons. The van der Waals surface area contributed by atoms with Gasteiger partial charge in [0.1, 0.15) is 12.4 Å². The molecule has 0 aromatic carbocycles. The van der Waals surface area contributed by atoms with E-state index in [-0.39, 0.29) is 42.7 Å². The van der Waals surface area contributed by atoms with Crippen LogP contribution in [0.4, 0.5) is 0 Å². The minimum absolute atomic E-state index is 0.00529. The average Bonchev–Trinajstić information content (AvgIpc) is 2.54. The van der Waals surface area contributed by atoms with Crippen LogP contribution in [0, 0.1) is 21.7 Å². The molecule has 25 heavy (non-hydrogen) atoms. The second kappa shape index (κ2) is 7.78. The maximum Gasteiger partial charge on any atom is 0.118 e. The fourth-order valence-corrected chi connectivity index (χ4v) is 3.05. The van der Waals surface area contributed by atoms with Crippen LogP contribution in [-0.4, -0.2) is 48.3 Å². The number of aliphatic hydroxyl groups excluding tert-OH is 3. The molecule has 1 atom stereocenters. The van der Waals surface area contributed by atoms with Gasteiger partial charge in [0.2, 0.25) is 0 Å². The second-order valence-corrected chi connectivity index (χ2v) is 9.48. The van der Waals surface area contributed by atoms with Crippen molar-refractivity contribution in [2.75, 3.05) is 33.0 Å². The summed E-state index contributed by atoms with van der Waals surface area (Å²) in [6.07, 6.45) is 4.90. The number of hydrogen-bond acceptors (Lipinski definition) is 5. The first-order valence-corrected chi connectivity index (χ1v) is 8.99. The third-order valence-electron chi connectivity index (χ3n) is 5.65. The summed E-state index contributed by atoms with van der Waals surface area (Å²) in [6.45, 7) is 12.6. The summed E-state index contributed by atoms with van der Waals surface area (Å²) in [4.78, 5) is 0. The van der Waals surface area contributed by atoms with Crippen LogP contribution in [0.1, 0.15) is 48.0 Å². The molecule has 0 aromatic rings.